The number of hydrogen-bond donors (Lipinski definition) is 6. The Bertz CT molecular complexity index is 3870. The number of anilines is 1. The van der Waals surface area contributed by atoms with E-state index in [1.807, 2.05) is 12.1 Å². The van der Waals surface area contributed by atoms with Crippen molar-refractivity contribution in [3.63, 3.8) is 0 Å². The number of rotatable bonds is 16. The molecule has 7 aromatic rings. The summed E-state index contributed by atoms with van der Waals surface area (Å²) in [5.74, 6) is -4.29. The van der Waals surface area contributed by atoms with E-state index in [1.54, 1.807) is 92.4 Å². The van der Waals surface area contributed by atoms with Gasteiger partial charge in [-0.25, -0.2) is 8.78 Å². The number of amides is 5. The molecule has 89 heavy (non-hydrogen) atoms. The number of hydrogen-bond acceptors (Lipinski definition) is 13. The second-order valence-electron chi connectivity index (χ2n) is 21.9. The molecule has 4 aromatic carbocycles. The van der Waals surface area contributed by atoms with Gasteiger partial charge < -0.3 is 42.6 Å². The van der Waals surface area contributed by atoms with Crippen molar-refractivity contribution in [3.05, 3.63) is 161 Å². The molecule has 0 unspecified atom stereocenters. The summed E-state index contributed by atoms with van der Waals surface area (Å²) in [6.45, 7) is 4.81. The number of piperidine rings is 2. The number of nitrogens with two attached hydrogens (primary N) is 3. The zero-order chi connectivity index (χ0) is 64.1. The number of esters is 1. The summed E-state index contributed by atoms with van der Waals surface area (Å²) in [4.78, 5) is 95.1. The average Bonchev–Trinajstić information content (AvgIpc) is 2.47. The number of ether oxygens (including phenoxy) is 1. The van der Waals surface area contributed by atoms with Crippen molar-refractivity contribution >= 4 is 136 Å². The van der Waals surface area contributed by atoms with E-state index in [-0.39, 0.29) is 102 Å². The highest BCUT2D eigenvalue weighted by Crippen LogP contribution is 2.48. The van der Waals surface area contributed by atoms with Gasteiger partial charge in [-0.1, -0.05) is 89.9 Å². The van der Waals surface area contributed by atoms with Gasteiger partial charge in [-0.15, -0.1) is 12.4 Å². The molecule has 2 aliphatic carbocycles. The summed E-state index contributed by atoms with van der Waals surface area (Å²) in [5, 5.41) is 26.9. The van der Waals surface area contributed by atoms with E-state index >= 15 is 4.39 Å². The second-order valence-corrected chi connectivity index (χ2v) is 25.2. The van der Waals surface area contributed by atoms with Crippen LogP contribution in [0.3, 0.4) is 0 Å². The third-order valence-electron chi connectivity index (χ3n) is 14.1. The fraction of sp³-hybridized carbons (Fsp3) is 0.305. The number of nitrogens with zero attached hydrogens (tertiary/aromatic N) is 7. The highest BCUT2D eigenvalue weighted by Gasteiger charge is 2.56. The summed E-state index contributed by atoms with van der Waals surface area (Å²) in [6, 6.07) is 23.6. The number of aliphatic carboxylic acids is 1. The van der Waals surface area contributed by atoms with Gasteiger partial charge >= 0.3 is 11.9 Å². The second kappa shape index (κ2) is 29.5. The molecule has 5 heterocycles. The molecule has 0 spiro atoms. The SMILES string of the molecule is CC(C)(C)OC(=O)Cn1cc(Br)c(C(N)=O)n1.Cl.NC(=O)c1nn(CC(=O)N2[C@@H]3C[C@@H]3C[C@H]2C(=O)Nc2cccc(-c3ccccc3Cl)c2F)cc1Br.NC(=O)c1nn(CC(=O)O)cc1Br.O=C(Cc1cccc(-c2ccccc2Cl)c1F)[C@@H]1C[C@H]2C[C@H]2N1. The largest absolute Gasteiger partial charge is 0.480 e. The lowest BCUT2D eigenvalue weighted by molar-refractivity contribution is -0.155. The van der Waals surface area contributed by atoms with Crippen molar-refractivity contribution in [1.82, 2.24) is 39.6 Å². The molecule has 2 aliphatic heterocycles. The number of aromatic nitrogens is 6. The van der Waals surface area contributed by atoms with E-state index < -0.39 is 53.0 Å². The molecule has 3 aromatic heterocycles. The molecule has 9 N–H and O–H groups in total. The van der Waals surface area contributed by atoms with Gasteiger partial charge in [0.15, 0.2) is 28.7 Å². The molecule has 2 saturated carbocycles. The summed E-state index contributed by atoms with van der Waals surface area (Å²) < 4.78 is 40.2. The lowest BCUT2D eigenvalue weighted by atomic mass is 9.97. The van der Waals surface area contributed by atoms with Gasteiger partial charge in [0.1, 0.15) is 37.1 Å². The number of ketones is 1. The fourth-order valence-electron chi connectivity index (χ4n) is 10.1. The van der Waals surface area contributed by atoms with E-state index in [1.165, 1.54) is 40.4 Å². The Hall–Kier alpha value is -7.40. The number of primary amides is 3. The topological polar surface area (TPSA) is 325 Å². The monoisotopic (exact) mass is 1470 g/mol. The van der Waals surface area contributed by atoms with Crippen LogP contribution in [0, 0.1) is 23.5 Å². The molecule has 2 saturated heterocycles. The molecule has 4 aliphatic rings. The number of likely N-dealkylation sites (tertiary alicyclic amines) is 1. The predicted molar refractivity (Wildman–Crippen MR) is 338 cm³/mol. The number of carbonyl (C=O) groups is 8. The first-order valence-corrected chi connectivity index (χ1v) is 30.2. The van der Waals surface area contributed by atoms with E-state index in [9.17, 15) is 42.7 Å². The van der Waals surface area contributed by atoms with Gasteiger partial charge in [-0.2, -0.15) is 15.3 Å². The molecule has 11 rings (SSSR count). The van der Waals surface area contributed by atoms with Crippen LogP contribution in [-0.4, -0.2) is 116 Å². The minimum atomic E-state index is -1.04. The molecular weight excluding hydrogens is 1420 g/mol. The number of halogens is 8. The quantitative estimate of drug-likeness (QED) is 0.0491. The van der Waals surface area contributed by atoms with Crippen molar-refractivity contribution in [3.8, 4) is 22.3 Å². The number of carboxylic acids is 1. The van der Waals surface area contributed by atoms with E-state index in [4.69, 9.17) is 50.2 Å². The lowest BCUT2D eigenvalue weighted by Crippen LogP contribution is -2.46. The smallest absolute Gasteiger partial charge is 0.328 e. The number of fused-ring (bicyclic) bond motifs is 2. The summed E-state index contributed by atoms with van der Waals surface area (Å²) in [6.07, 6.45) is 7.91. The molecule has 5 amide bonds. The van der Waals surface area contributed by atoms with Gasteiger partial charge in [0.25, 0.3) is 17.7 Å². The standard InChI is InChI=1S/C24H20BrClFN5O3.C19H17ClFNO.C10H14BrN3O3.C6H6BrN3O3.ClH/c25-15-10-31(30-22(15)23(28)34)11-20(33)32-18-8-12(18)9-19(32)24(35)29-17-7-3-5-14(21(17)27)13-4-1-2-6-16(13)26;20-15-7-2-1-5-13(15)14-6-3-4-11(19(14)21)10-18(23)17-9-12-8-16(12)22-17;1-10(2,3)17-7(15)5-14-4-6(11)8(13-14)9(12)16;7-3-1-10(2-4(11)12)9-5(3)6(8)13;/h1-7,10,12,18-19H,8-9,11H2,(H2,28,34)(H,29,35);1-7,12,16-17,22H,8-10H2;4H,5H2,1-3H3,(H2,12,16);1H,2H2,(H2,8,13)(H,11,12);1H/t12-,18-,19+;12-,16-,17+;;;/m11.../s1. The molecule has 30 heteroatoms. The Morgan fingerprint density at radius 3 is 1.61 bits per heavy atom. The van der Waals surface area contributed by atoms with E-state index in [2.05, 4.69) is 73.7 Å². The first kappa shape index (κ1) is 69.1. The predicted octanol–water partition coefficient (Wildman–Crippen LogP) is 9.18. The number of benzene rings is 4. The molecule has 6 atom stereocenters. The van der Waals surface area contributed by atoms with Crippen LogP contribution in [0.15, 0.2) is 117 Å². The number of carbonyl (C=O) groups excluding carboxylic acids is 7. The third-order valence-corrected chi connectivity index (χ3v) is 16.5. The van der Waals surface area contributed by atoms with Crippen LogP contribution in [-0.2, 0) is 54.8 Å². The van der Waals surface area contributed by atoms with Crippen molar-refractivity contribution in [1.29, 1.82) is 0 Å². The zero-order valence-electron chi connectivity index (χ0n) is 47.5. The molecule has 0 radical (unpaired) electrons. The van der Waals surface area contributed by atoms with Gasteiger partial charge in [-0.05, 0) is 130 Å². The number of nitrogens with one attached hydrogen (secondary N) is 2. The van der Waals surface area contributed by atoms with Crippen molar-refractivity contribution in [2.45, 2.75) is 102 Å². The van der Waals surface area contributed by atoms with Crippen LogP contribution < -0.4 is 27.8 Å². The molecule has 22 nitrogen and oxygen atoms in total. The zero-order valence-corrected chi connectivity index (χ0v) is 54.6. The molecule has 470 valence electrons. The van der Waals surface area contributed by atoms with Crippen LogP contribution in [0.1, 0.15) is 83.5 Å². The van der Waals surface area contributed by atoms with Gasteiger partial charge in [-0.3, -0.25) is 52.4 Å². The normalized spacial score (nSPS) is 18.2. The maximum absolute atomic E-state index is 15.3. The van der Waals surface area contributed by atoms with Crippen LogP contribution in [0.5, 0.6) is 0 Å². The van der Waals surface area contributed by atoms with Gasteiger partial charge in [0, 0.05) is 69.4 Å². The minimum absolute atomic E-state index is 0. The first-order chi connectivity index (χ1) is 41.6. The first-order valence-electron chi connectivity index (χ1n) is 27.1. The van der Waals surface area contributed by atoms with Gasteiger partial charge in [0.2, 0.25) is 11.8 Å². The highest BCUT2D eigenvalue weighted by molar-refractivity contribution is 9.11. The molecular formula is C59H58Br3Cl3F2N12O10. The summed E-state index contributed by atoms with van der Waals surface area (Å²) in [7, 11) is 0. The van der Waals surface area contributed by atoms with Crippen molar-refractivity contribution < 1.29 is 57.0 Å². The number of carboxylic acid groups (broad SMARTS) is 1. The van der Waals surface area contributed by atoms with Crippen LogP contribution >= 0.6 is 83.4 Å². The Labute approximate surface area is 549 Å². The number of Topliss-reactive ketones (excluding diaryl/α,β-unsaturated/α-hetero) is 1. The van der Waals surface area contributed by atoms with Crippen LogP contribution in [0.25, 0.3) is 22.3 Å². The Balaban J connectivity index is 0.000000181. The lowest BCUT2D eigenvalue weighted by Gasteiger charge is -2.27. The molecule has 4 fully saturated rings. The van der Waals surface area contributed by atoms with Gasteiger partial charge in [0.05, 0.1) is 25.1 Å². The maximum Gasteiger partial charge on any atom is 0.328 e. The van der Waals surface area contributed by atoms with Crippen molar-refractivity contribution in [2.24, 2.45) is 29.0 Å². The Morgan fingerprint density at radius 2 is 1.13 bits per heavy atom. The molecule has 0 bridgehead atoms. The van der Waals surface area contributed by atoms with Crippen LogP contribution in [0.2, 0.25) is 10.0 Å². The average molecular weight is 1480 g/mol. The maximum atomic E-state index is 15.3. The summed E-state index contributed by atoms with van der Waals surface area (Å²) in [5.41, 5.74) is 17.3. The highest BCUT2D eigenvalue weighted by atomic mass is 79.9. The van der Waals surface area contributed by atoms with Crippen LogP contribution in [0.4, 0.5) is 14.5 Å². The van der Waals surface area contributed by atoms with Crippen molar-refractivity contribution in [2.75, 3.05) is 5.32 Å². The summed E-state index contributed by atoms with van der Waals surface area (Å²) >= 11 is 21.8. The third kappa shape index (κ3) is 17.7. The van der Waals surface area contributed by atoms with E-state index in [0.717, 1.165) is 17.5 Å². The fourth-order valence-corrected chi connectivity index (χ4v) is 12.1. The minimum Gasteiger partial charge on any atom is -0.480 e. The van der Waals surface area contributed by atoms with E-state index in [0.29, 0.717) is 64.1 Å². The Kier molecular flexibility index (Phi) is 22.9. The Morgan fingerprint density at radius 1 is 0.652 bits per heavy atom.